The molecule has 0 radical (unpaired) electrons. The molecule has 0 unspecified atom stereocenters. The Morgan fingerprint density at radius 3 is 3.09 bits per heavy atom. The predicted molar refractivity (Wildman–Crippen MR) is 49.6 cm³/mol. The van der Waals surface area contributed by atoms with Gasteiger partial charge in [0.25, 0.3) is 0 Å². The molecular formula is C7H9N3S. The molecule has 0 saturated heterocycles. The van der Waals surface area contributed by atoms with E-state index in [-0.39, 0.29) is 0 Å². The fraction of sp³-hybridized carbons (Fsp3) is 0.143. The molecule has 0 spiro atoms. The average Bonchev–Trinajstić information content (AvgIpc) is 2.52. The van der Waals surface area contributed by atoms with Gasteiger partial charge in [0, 0.05) is 6.20 Å². The summed E-state index contributed by atoms with van der Waals surface area (Å²) in [6, 6.07) is 3.84. The van der Waals surface area contributed by atoms with Crippen LogP contribution in [0.4, 0.5) is 0 Å². The van der Waals surface area contributed by atoms with E-state index in [1.165, 1.54) is 11.8 Å². The molecule has 0 amide bonds. The molecule has 0 aliphatic heterocycles. The molecule has 1 heterocycles. The molecule has 0 fully saturated rings. The van der Waals surface area contributed by atoms with Crippen LogP contribution in [0.25, 0.3) is 0 Å². The molecule has 0 aromatic carbocycles. The first-order valence-corrected chi connectivity index (χ1v) is 4.35. The number of hydrogen-bond donors (Lipinski definition) is 2. The van der Waals surface area contributed by atoms with Crippen LogP contribution in [0.1, 0.15) is 5.69 Å². The van der Waals surface area contributed by atoms with Gasteiger partial charge in [-0.1, -0.05) is 0 Å². The largest absolute Gasteiger partial charge is 0.359 e. The Hall–Kier alpha value is -1.03. The van der Waals surface area contributed by atoms with Crippen LogP contribution in [-0.4, -0.2) is 22.6 Å². The summed E-state index contributed by atoms with van der Waals surface area (Å²) in [6.07, 6.45) is 4.82. The van der Waals surface area contributed by atoms with E-state index in [0.29, 0.717) is 0 Å². The lowest BCUT2D eigenvalue weighted by atomic mass is 10.5. The third kappa shape index (κ3) is 1.94. The first-order valence-electron chi connectivity index (χ1n) is 3.13. The highest BCUT2D eigenvalue weighted by Crippen LogP contribution is 2.07. The minimum absolute atomic E-state index is 0.838. The van der Waals surface area contributed by atoms with Gasteiger partial charge in [-0.05, 0) is 18.4 Å². The van der Waals surface area contributed by atoms with Gasteiger partial charge in [-0.2, -0.15) is 0 Å². The lowest BCUT2D eigenvalue weighted by Gasteiger charge is -1.95. The van der Waals surface area contributed by atoms with Gasteiger partial charge in [0.1, 0.15) is 11.4 Å². The van der Waals surface area contributed by atoms with Crippen molar-refractivity contribution in [3.63, 3.8) is 0 Å². The van der Waals surface area contributed by atoms with E-state index in [0.717, 1.165) is 17.1 Å². The third-order valence-corrected chi connectivity index (χ3v) is 1.92. The fourth-order valence-corrected chi connectivity index (χ4v) is 1.26. The molecule has 2 N–H and O–H groups in total. The number of nitrogens with zero attached hydrogens (tertiary/aromatic N) is 1. The van der Waals surface area contributed by atoms with Crippen molar-refractivity contribution in [1.82, 2.24) is 4.98 Å². The summed E-state index contributed by atoms with van der Waals surface area (Å²) in [5, 5.41) is 7.64. The van der Waals surface area contributed by atoms with Crippen molar-refractivity contribution in [3.05, 3.63) is 24.0 Å². The lowest BCUT2D eigenvalue weighted by Crippen LogP contribution is -1.94. The fourth-order valence-electron chi connectivity index (χ4n) is 0.754. The predicted octanol–water partition coefficient (Wildman–Crippen LogP) is 1.73. The van der Waals surface area contributed by atoms with Gasteiger partial charge in [-0.25, -0.2) is 4.99 Å². The number of aromatic amines is 1. The van der Waals surface area contributed by atoms with Crippen molar-refractivity contribution in [1.29, 1.82) is 5.41 Å². The number of nitrogens with one attached hydrogen (secondary N) is 2. The van der Waals surface area contributed by atoms with Gasteiger partial charge >= 0.3 is 0 Å². The molecule has 0 atom stereocenters. The first-order chi connectivity index (χ1) is 5.38. The van der Waals surface area contributed by atoms with Crippen LogP contribution in [0, 0.1) is 5.41 Å². The summed E-state index contributed by atoms with van der Waals surface area (Å²) >= 11 is 1.52. The molecular weight excluding hydrogens is 158 g/mol. The molecule has 0 saturated carbocycles. The van der Waals surface area contributed by atoms with E-state index in [2.05, 4.69) is 9.98 Å². The molecule has 4 heteroatoms. The summed E-state index contributed by atoms with van der Waals surface area (Å²) in [6.45, 7) is 0. The Kier molecular flexibility index (Phi) is 2.92. The van der Waals surface area contributed by atoms with Crippen LogP contribution in [0.2, 0.25) is 0 Å². The van der Waals surface area contributed by atoms with Crippen molar-refractivity contribution in [2.75, 3.05) is 6.26 Å². The molecule has 11 heavy (non-hydrogen) atoms. The van der Waals surface area contributed by atoms with Crippen molar-refractivity contribution in [2.24, 2.45) is 4.99 Å². The normalized spacial score (nSPS) is 11.5. The average molecular weight is 167 g/mol. The second-order valence-corrected chi connectivity index (χ2v) is 2.65. The second-order valence-electron chi connectivity index (χ2n) is 1.85. The van der Waals surface area contributed by atoms with E-state index >= 15 is 0 Å². The SMILES string of the molecule is CSC(=NC=N)c1ccc[nH]1. The lowest BCUT2D eigenvalue weighted by molar-refractivity contribution is 1.38. The zero-order valence-electron chi connectivity index (χ0n) is 6.16. The van der Waals surface area contributed by atoms with Gasteiger partial charge in [0.05, 0.1) is 5.69 Å². The topological polar surface area (TPSA) is 52.0 Å². The quantitative estimate of drug-likeness (QED) is 0.511. The highest BCUT2D eigenvalue weighted by molar-refractivity contribution is 8.13. The number of aromatic nitrogens is 1. The monoisotopic (exact) mass is 167 g/mol. The van der Waals surface area contributed by atoms with Gasteiger partial charge in [0.2, 0.25) is 0 Å². The zero-order valence-corrected chi connectivity index (χ0v) is 6.98. The molecule has 1 aromatic heterocycles. The van der Waals surface area contributed by atoms with E-state index in [1.54, 1.807) is 0 Å². The first kappa shape index (κ1) is 8.07. The molecule has 3 nitrogen and oxygen atoms in total. The van der Waals surface area contributed by atoms with E-state index < -0.39 is 0 Å². The van der Waals surface area contributed by atoms with Crippen LogP contribution in [0.15, 0.2) is 23.3 Å². The second kappa shape index (κ2) is 3.98. The van der Waals surface area contributed by atoms with Gasteiger partial charge in [-0.3, -0.25) is 5.41 Å². The van der Waals surface area contributed by atoms with Gasteiger partial charge < -0.3 is 4.98 Å². The Bertz CT molecular complexity index is 251. The van der Waals surface area contributed by atoms with Crippen LogP contribution in [0.3, 0.4) is 0 Å². The zero-order chi connectivity index (χ0) is 8.10. The van der Waals surface area contributed by atoms with Crippen molar-refractivity contribution in [3.8, 4) is 0 Å². The van der Waals surface area contributed by atoms with Crippen LogP contribution >= 0.6 is 11.8 Å². The maximum absolute atomic E-state index is 6.80. The summed E-state index contributed by atoms with van der Waals surface area (Å²) in [5.74, 6) is 0. The standard InChI is InChI=1S/C7H9N3S/c1-11-7(10-5-8)6-3-2-4-9-6/h2-5,8-9H,1H3. The minimum Gasteiger partial charge on any atom is -0.359 e. The smallest absolute Gasteiger partial charge is 0.121 e. The van der Waals surface area contributed by atoms with Crippen molar-refractivity contribution in [2.45, 2.75) is 0 Å². The number of thioether (sulfide) groups is 1. The molecule has 0 bridgehead atoms. The Balaban J connectivity index is 2.88. The van der Waals surface area contributed by atoms with Crippen LogP contribution in [-0.2, 0) is 0 Å². The summed E-state index contributed by atoms with van der Waals surface area (Å²) < 4.78 is 0. The number of rotatable bonds is 2. The molecule has 0 aliphatic carbocycles. The summed E-state index contributed by atoms with van der Waals surface area (Å²) in [7, 11) is 0. The third-order valence-electron chi connectivity index (χ3n) is 1.20. The number of hydrogen-bond acceptors (Lipinski definition) is 2. The van der Waals surface area contributed by atoms with Gasteiger partial charge in [0.15, 0.2) is 0 Å². The summed E-state index contributed by atoms with van der Waals surface area (Å²) in [4.78, 5) is 6.89. The summed E-state index contributed by atoms with van der Waals surface area (Å²) in [5.41, 5.74) is 0.959. The van der Waals surface area contributed by atoms with E-state index in [1.807, 2.05) is 24.6 Å². The Morgan fingerprint density at radius 1 is 1.82 bits per heavy atom. The molecule has 1 rings (SSSR count). The van der Waals surface area contributed by atoms with Crippen LogP contribution < -0.4 is 0 Å². The maximum atomic E-state index is 6.80. The number of H-pyrrole nitrogens is 1. The highest BCUT2D eigenvalue weighted by Gasteiger charge is 1.99. The van der Waals surface area contributed by atoms with Crippen LogP contribution in [0.5, 0.6) is 0 Å². The molecule has 58 valence electrons. The van der Waals surface area contributed by atoms with E-state index in [4.69, 9.17) is 5.41 Å². The molecule has 1 aromatic rings. The number of aliphatic imine (C=N–C) groups is 1. The molecule has 0 aliphatic rings. The van der Waals surface area contributed by atoms with Crippen molar-refractivity contribution < 1.29 is 0 Å². The minimum atomic E-state index is 0.838. The Morgan fingerprint density at radius 2 is 2.64 bits per heavy atom. The van der Waals surface area contributed by atoms with Crippen molar-refractivity contribution >= 4 is 23.1 Å². The highest BCUT2D eigenvalue weighted by atomic mass is 32.2. The maximum Gasteiger partial charge on any atom is 0.121 e. The van der Waals surface area contributed by atoms with Gasteiger partial charge in [-0.15, -0.1) is 11.8 Å². The van der Waals surface area contributed by atoms with E-state index in [9.17, 15) is 0 Å². The Labute approximate surface area is 69.4 Å².